The lowest BCUT2D eigenvalue weighted by atomic mass is 9.92. The van der Waals surface area contributed by atoms with Crippen LogP contribution in [0.4, 0.5) is 5.82 Å². The molecule has 2 aromatic rings. The Kier molecular flexibility index (Phi) is 7.40. The van der Waals surface area contributed by atoms with Crippen LogP contribution in [-0.2, 0) is 0 Å². The number of benzene rings is 1. The number of hydrogen-bond donors (Lipinski definition) is 2. The van der Waals surface area contributed by atoms with E-state index in [1.165, 1.54) is 0 Å². The van der Waals surface area contributed by atoms with Gasteiger partial charge in [-0.3, -0.25) is 4.79 Å². The lowest BCUT2D eigenvalue weighted by Gasteiger charge is -2.31. The molecular weight excluding hydrogens is 418 g/mol. The highest BCUT2D eigenvalue weighted by Gasteiger charge is 2.25. The Balaban J connectivity index is 1.24. The smallest absolute Gasteiger partial charge is 0.272 e. The molecule has 1 aromatic carbocycles. The fourth-order valence-corrected chi connectivity index (χ4v) is 4.57. The van der Waals surface area contributed by atoms with Gasteiger partial charge in [-0.15, -0.1) is 10.2 Å². The van der Waals surface area contributed by atoms with Gasteiger partial charge in [0.15, 0.2) is 11.5 Å². The lowest BCUT2D eigenvalue weighted by molar-refractivity contribution is 0.0888. The number of aliphatic hydroxyl groups excluding tert-OH is 1. The number of nitrogens with one attached hydrogen (secondary N) is 1. The number of aromatic nitrogens is 2. The van der Waals surface area contributed by atoms with E-state index in [2.05, 4.69) is 26.5 Å². The first kappa shape index (κ1) is 23.0. The molecule has 8 nitrogen and oxygen atoms in total. The molecule has 2 fully saturated rings. The van der Waals surface area contributed by atoms with Gasteiger partial charge in [0.05, 0.1) is 17.7 Å². The summed E-state index contributed by atoms with van der Waals surface area (Å²) in [6.07, 6.45) is 5.40. The van der Waals surface area contributed by atoms with E-state index in [-0.39, 0.29) is 24.7 Å². The van der Waals surface area contributed by atoms with Gasteiger partial charge in [0.1, 0.15) is 5.75 Å². The van der Waals surface area contributed by atoms with Crippen LogP contribution in [0.25, 0.3) is 0 Å². The van der Waals surface area contributed by atoms with Crippen molar-refractivity contribution < 1.29 is 14.6 Å². The van der Waals surface area contributed by atoms with Crippen molar-refractivity contribution in [2.45, 2.75) is 57.6 Å². The summed E-state index contributed by atoms with van der Waals surface area (Å²) in [4.78, 5) is 14.8. The zero-order valence-electron chi connectivity index (χ0n) is 19.0. The zero-order valence-corrected chi connectivity index (χ0v) is 19.0. The number of aliphatic hydroxyl groups is 1. The van der Waals surface area contributed by atoms with E-state index >= 15 is 0 Å². The first-order valence-electron chi connectivity index (χ1n) is 11.7. The SMILES string of the molecule is Cc1cc(O[C@H]2CC[C@H](NC(=O)c3ccc(N4CCC(CO)CC4)nn3)CC2)ccc1C#N. The van der Waals surface area contributed by atoms with Crippen molar-refractivity contribution in [1.82, 2.24) is 15.5 Å². The normalized spacial score (nSPS) is 21.3. The molecular formula is C25H31N5O3. The van der Waals surface area contributed by atoms with Crippen LogP contribution >= 0.6 is 0 Å². The molecule has 4 rings (SSSR count). The highest BCUT2D eigenvalue weighted by molar-refractivity contribution is 5.92. The maximum absolute atomic E-state index is 12.6. The second-order valence-electron chi connectivity index (χ2n) is 9.04. The molecule has 1 aromatic heterocycles. The molecule has 8 heteroatoms. The molecule has 0 bridgehead atoms. The van der Waals surface area contributed by atoms with Crippen LogP contribution in [0.3, 0.4) is 0 Å². The number of rotatable bonds is 6. The van der Waals surface area contributed by atoms with E-state index in [4.69, 9.17) is 10.00 Å². The number of hydrogen-bond acceptors (Lipinski definition) is 7. The Bertz CT molecular complexity index is 988. The molecule has 1 aliphatic heterocycles. The zero-order chi connectivity index (χ0) is 23.2. The van der Waals surface area contributed by atoms with Crippen LogP contribution in [0.15, 0.2) is 30.3 Å². The van der Waals surface area contributed by atoms with Gasteiger partial charge in [0.2, 0.25) is 0 Å². The maximum atomic E-state index is 12.6. The first-order valence-corrected chi connectivity index (χ1v) is 11.7. The van der Waals surface area contributed by atoms with E-state index in [9.17, 15) is 9.90 Å². The number of piperidine rings is 1. The van der Waals surface area contributed by atoms with Crippen molar-refractivity contribution in [2.75, 3.05) is 24.6 Å². The van der Waals surface area contributed by atoms with E-state index in [0.717, 1.165) is 68.7 Å². The third-order valence-electron chi connectivity index (χ3n) is 6.71. The quantitative estimate of drug-likeness (QED) is 0.697. The maximum Gasteiger partial charge on any atom is 0.272 e. The van der Waals surface area contributed by atoms with Gasteiger partial charge in [0.25, 0.3) is 5.91 Å². The van der Waals surface area contributed by atoms with Gasteiger partial charge in [-0.25, -0.2) is 0 Å². The number of ether oxygens (including phenoxy) is 1. The van der Waals surface area contributed by atoms with E-state index in [0.29, 0.717) is 17.2 Å². The third-order valence-corrected chi connectivity index (χ3v) is 6.71. The molecule has 2 aliphatic rings. The molecule has 174 valence electrons. The Morgan fingerprint density at radius 3 is 2.52 bits per heavy atom. The molecule has 2 N–H and O–H groups in total. The van der Waals surface area contributed by atoms with Crippen molar-refractivity contribution in [3.05, 3.63) is 47.2 Å². The van der Waals surface area contributed by atoms with Crippen molar-refractivity contribution in [3.63, 3.8) is 0 Å². The number of nitriles is 1. The minimum Gasteiger partial charge on any atom is -0.490 e. The molecule has 1 amide bonds. The molecule has 1 aliphatic carbocycles. The van der Waals surface area contributed by atoms with Crippen LogP contribution in [0.1, 0.15) is 60.1 Å². The van der Waals surface area contributed by atoms with Crippen molar-refractivity contribution in [3.8, 4) is 11.8 Å². The highest BCUT2D eigenvalue weighted by atomic mass is 16.5. The monoisotopic (exact) mass is 449 g/mol. The van der Waals surface area contributed by atoms with Crippen LogP contribution in [0.2, 0.25) is 0 Å². The summed E-state index contributed by atoms with van der Waals surface area (Å²) in [6, 6.07) is 11.4. The summed E-state index contributed by atoms with van der Waals surface area (Å²) < 4.78 is 6.10. The summed E-state index contributed by atoms with van der Waals surface area (Å²) in [5, 5.41) is 29.8. The van der Waals surface area contributed by atoms with Crippen LogP contribution in [0.5, 0.6) is 5.75 Å². The first-order chi connectivity index (χ1) is 16.1. The Hall–Kier alpha value is -3.18. The summed E-state index contributed by atoms with van der Waals surface area (Å²) in [5.74, 6) is 1.74. The molecule has 0 atom stereocenters. The second-order valence-corrected chi connectivity index (χ2v) is 9.04. The number of anilines is 1. The number of amides is 1. The Morgan fingerprint density at radius 1 is 1.15 bits per heavy atom. The van der Waals surface area contributed by atoms with Gasteiger partial charge in [-0.05, 0) is 87.3 Å². The Morgan fingerprint density at radius 2 is 1.91 bits per heavy atom. The molecule has 1 saturated carbocycles. The molecule has 0 unspecified atom stereocenters. The van der Waals surface area contributed by atoms with E-state index in [1.54, 1.807) is 12.1 Å². The van der Waals surface area contributed by atoms with Gasteiger partial charge in [0, 0.05) is 25.7 Å². The fraction of sp³-hybridized carbons (Fsp3) is 0.520. The summed E-state index contributed by atoms with van der Waals surface area (Å²) >= 11 is 0. The van der Waals surface area contributed by atoms with E-state index < -0.39 is 0 Å². The molecule has 0 radical (unpaired) electrons. The topological polar surface area (TPSA) is 111 Å². The predicted octanol–water partition coefficient (Wildman–Crippen LogP) is 2.99. The van der Waals surface area contributed by atoms with Gasteiger partial charge >= 0.3 is 0 Å². The van der Waals surface area contributed by atoms with E-state index in [1.807, 2.05) is 25.1 Å². The average Bonchev–Trinajstić information content (AvgIpc) is 2.85. The Labute approximate surface area is 194 Å². The molecule has 2 heterocycles. The van der Waals surface area contributed by atoms with Crippen molar-refractivity contribution in [2.24, 2.45) is 5.92 Å². The lowest BCUT2D eigenvalue weighted by Crippen LogP contribution is -2.40. The minimum atomic E-state index is -0.194. The van der Waals surface area contributed by atoms with Gasteiger partial charge in [-0.2, -0.15) is 5.26 Å². The molecule has 0 spiro atoms. The summed E-state index contributed by atoms with van der Waals surface area (Å²) in [7, 11) is 0. The third kappa shape index (κ3) is 5.79. The van der Waals surface area contributed by atoms with Crippen molar-refractivity contribution in [1.29, 1.82) is 5.26 Å². The number of nitrogens with zero attached hydrogens (tertiary/aromatic N) is 4. The number of aryl methyl sites for hydroxylation is 1. The standard InChI is InChI=1S/C25H31N5O3/c1-17-14-22(5-2-19(17)15-26)33-21-6-3-20(4-7-21)27-25(32)23-8-9-24(29-28-23)30-12-10-18(16-31)11-13-30/h2,5,8-9,14,18,20-21,31H,3-4,6-7,10-13,16H2,1H3,(H,27,32)/t20-,21-. The predicted molar refractivity (Wildman–Crippen MR) is 124 cm³/mol. The highest BCUT2D eigenvalue weighted by Crippen LogP contribution is 2.26. The van der Waals surface area contributed by atoms with Crippen molar-refractivity contribution >= 4 is 11.7 Å². The largest absolute Gasteiger partial charge is 0.490 e. The number of carbonyl (C=O) groups excluding carboxylic acids is 1. The summed E-state index contributed by atoms with van der Waals surface area (Å²) in [6.45, 7) is 3.84. The van der Waals surface area contributed by atoms with Crippen LogP contribution in [-0.4, -0.2) is 53.1 Å². The van der Waals surface area contributed by atoms with Crippen LogP contribution in [0, 0.1) is 24.2 Å². The number of carbonyl (C=O) groups is 1. The average molecular weight is 450 g/mol. The summed E-state index contributed by atoms with van der Waals surface area (Å²) in [5.41, 5.74) is 1.91. The van der Waals surface area contributed by atoms with Gasteiger partial charge < -0.3 is 20.1 Å². The van der Waals surface area contributed by atoms with Crippen LogP contribution < -0.4 is 15.0 Å². The molecule has 1 saturated heterocycles. The van der Waals surface area contributed by atoms with Gasteiger partial charge in [-0.1, -0.05) is 0 Å². The minimum absolute atomic E-state index is 0.0963. The molecule has 33 heavy (non-hydrogen) atoms. The fourth-order valence-electron chi connectivity index (χ4n) is 4.57. The second kappa shape index (κ2) is 10.6.